The Kier molecular flexibility index (Phi) is 8.52. The highest BCUT2D eigenvalue weighted by Crippen LogP contribution is 2.75. The number of aromatic amines is 1. The molecule has 50 heavy (non-hydrogen) atoms. The first kappa shape index (κ1) is 33.5. The van der Waals surface area contributed by atoms with Crippen molar-refractivity contribution in [1.82, 2.24) is 26.1 Å². The van der Waals surface area contributed by atoms with Crippen LogP contribution in [0.4, 0.5) is 5.69 Å². The summed E-state index contributed by atoms with van der Waals surface area (Å²) in [6.07, 6.45) is 7.63. The molecule has 2 amide bonds. The predicted molar refractivity (Wildman–Crippen MR) is 186 cm³/mol. The first-order valence-electron chi connectivity index (χ1n) is 17.4. The van der Waals surface area contributed by atoms with E-state index in [0.717, 1.165) is 5.56 Å². The number of ether oxygens (including phenoxy) is 2. The lowest BCUT2D eigenvalue weighted by Gasteiger charge is -2.74. The first-order valence-corrected chi connectivity index (χ1v) is 17.4. The topological polar surface area (TPSA) is 158 Å². The molecule has 4 bridgehead atoms. The minimum atomic E-state index is -1.51. The van der Waals surface area contributed by atoms with E-state index in [1.165, 1.54) is 6.20 Å². The molecule has 2 aromatic carbocycles. The van der Waals surface area contributed by atoms with E-state index in [-0.39, 0.29) is 36.0 Å². The van der Waals surface area contributed by atoms with Gasteiger partial charge in [0, 0.05) is 48.2 Å². The summed E-state index contributed by atoms with van der Waals surface area (Å²) in [5.74, 6) is -2.23. The Balaban J connectivity index is 1.49. The maximum atomic E-state index is 14.9. The van der Waals surface area contributed by atoms with Gasteiger partial charge in [0.15, 0.2) is 0 Å². The van der Waals surface area contributed by atoms with Crippen LogP contribution >= 0.6 is 0 Å². The van der Waals surface area contributed by atoms with Gasteiger partial charge in [0.2, 0.25) is 5.91 Å². The molecule has 4 aliphatic carbocycles. The zero-order chi connectivity index (χ0) is 35.3. The molecule has 12 heteroatoms. The summed E-state index contributed by atoms with van der Waals surface area (Å²) in [5, 5.41) is 28.4. The van der Waals surface area contributed by atoms with Gasteiger partial charge in [0.1, 0.15) is 17.2 Å². The second-order valence-corrected chi connectivity index (χ2v) is 14.6. The molecule has 8 rings (SSSR count). The number of hydrogen-bond acceptors (Lipinski definition) is 8. The van der Waals surface area contributed by atoms with Crippen LogP contribution in [-0.4, -0.2) is 65.6 Å². The molecule has 4 saturated carbocycles. The highest BCUT2D eigenvalue weighted by molar-refractivity contribution is 6.07. The number of carboxylic acids is 1. The lowest BCUT2D eigenvalue weighted by molar-refractivity contribution is -0.213. The maximum Gasteiger partial charge on any atom is 0.312 e. The third kappa shape index (κ3) is 4.78. The molecule has 0 radical (unpaired) electrons. The summed E-state index contributed by atoms with van der Waals surface area (Å²) >= 11 is 0. The van der Waals surface area contributed by atoms with Crippen molar-refractivity contribution < 1.29 is 29.0 Å². The molecule has 3 aromatic rings. The van der Waals surface area contributed by atoms with Crippen LogP contribution in [0.5, 0.6) is 11.5 Å². The van der Waals surface area contributed by atoms with Gasteiger partial charge in [-0.15, -0.1) is 0 Å². The zero-order valence-corrected chi connectivity index (χ0v) is 28.9. The van der Waals surface area contributed by atoms with Crippen molar-refractivity contribution in [3.8, 4) is 11.5 Å². The van der Waals surface area contributed by atoms with Crippen LogP contribution in [0.1, 0.15) is 62.0 Å². The highest BCUT2D eigenvalue weighted by Gasteiger charge is 2.80. The first-order chi connectivity index (χ1) is 24.1. The Morgan fingerprint density at radius 3 is 2.30 bits per heavy atom. The Hall–Kier alpha value is -5.00. The van der Waals surface area contributed by atoms with Crippen molar-refractivity contribution in [2.75, 3.05) is 25.7 Å². The van der Waals surface area contributed by atoms with Gasteiger partial charge in [-0.05, 0) is 73.8 Å². The fourth-order valence-electron chi connectivity index (χ4n) is 10.8. The van der Waals surface area contributed by atoms with E-state index in [0.29, 0.717) is 49.4 Å². The summed E-state index contributed by atoms with van der Waals surface area (Å²) in [6.45, 7) is 4.24. The lowest BCUT2D eigenvalue weighted by Crippen LogP contribution is -2.81. The largest absolute Gasteiger partial charge is 0.496 e. The van der Waals surface area contributed by atoms with E-state index in [9.17, 15) is 19.5 Å². The van der Waals surface area contributed by atoms with E-state index in [2.05, 4.69) is 26.1 Å². The average molecular weight is 683 g/mol. The summed E-state index contributed by atoms with van der Waals surface area (Å²) in [6, 6.07) is 16.6. The number of H-pyrrole nitrogens is 1. The number of benzene rings is 2. The van der Waals surface area contributed by atoms with Crippen LogP contribution in [0.25, 0.3) is 0 Å². The van der Waals surface area contributed by atoms with Crippen molar-refractivity contribution in [3.05, 3.63) is 84.5 Å². The monoisotopic (exact) mass is 682 g/mol. The lowest BCUT2D eigenvalue weighted by atomic mass is 9.31. The van der Waals surface area contributed by atoms with Gasteiger partial charge in [-0.25, -0.2) is 0 Å². The number of hydrogen-bond donors (Lipinski definition) is 5. The summed E-state index contributed by atoms with van der Waals surface area (Å²) in [4.78, 5) is 46.0. The van der Waals surface area contributed by atoms with Crippen LogP contribution in [0.2, 0.25) is 0 Å². The Morgan fingerprint density at radius 1 is 1.00 bits per heavy atom. The van der Waals surface area contributed by atoms with Gasteiger partial charge >= 0.3 is 5.97 Å². The highest BCUT2D eigenvalue weighted by atomic mass is 16.5. The minimum Gasteiger partial charge on any atom is -0.496 e. The number of carbonyl (C=O) groups excluding carboxylic acids is 2. The number of para-hydroxylation sites is 1. The molecule has 6 atom stereocenters. The fraction of sp³-hybridized carbons (Fsp3) is 0.474. The molecular weight excluding hydrogens is 636 g/mol. The average Bonchev–Trinajstić information content (AvgIpc) is 3.83. The van der Waals surface area contributed by atoms with Crippen molar-refractivity contribution in [3.63, 3.8) is 0 Å². The number of methoxy groups -OCH3 is 2. The molecule has 6 unspecified atom stereocenters. The normalized spacial score (nSPS) is 29.3. The van der Waals surface area contributed by atoms with Gasteiger partial charge in [-0.3, -0.25) is 24.4 Å². The number of aromatic nitrogens is 2. The molecular formula is C38H46N6O6. The van der Waals surface area contributed by atoms with Gasteiger partial charge in [-0.1, -0.05) is 38.1 Å². The zero-order valence-electron chi connectivity index (χ0n) is 28.9. The third-order valence-electron chi connectivity index (χ3n) is 12.1. The molecule has 0 saturated heterocycles. The molecule has 0 spiro atoms. The van der Waals surface area contributed by atoms with E-state index in [4.69, 9.17) is 9.47 Å². The van der Waals surface area contributed by atoms with E-state index in [1.54, 1.807) is 25.2 Å². The Labute approximate surface area is 292 Å². The van der Waals surface area contributed by atoms with Crippen molar-refractivity contribution in [2.24, 2.45) is 29.1 Å². The molecule has 264 valence electrons. The molecule has 1 aromatic heterocycles. The second-order valence-electron chi connectivity index (χ2n) is 14.6. The molecule has 5 aliphatic rings. The number of rotatable bonds is 12. The quantitative estimate of drug-likeness (QED) is 0.187. The number of nitrogens with one attached hydrogen (secondary N) is 4. The van der Waals surface area contributed by atoms with Crippen LogP contribution in [0.3, 0.4) is 0 Å². The number of carboxylic acid groups (broad SMARTS) is 1. The Bertz CT molecular complexity index is 1750. The minimum absolute atomic E-state index is 0.0115. The molecule has 12 nitrogen and oxygen atoms in total. The van der Waals surface area contributed by atoms with Crippen molar-refractivity contribution in [2.45, 2.75) is 63.1 Å². The summed E-state index contributed by atoms with van der Waals surface area (Å²) in [5.41, 5.74) is -2.10. The Morgan fingerprint density at radius 2 is 1.70 bits per heavy atom. The smallest absolute Gasteiger partial charge is 0.312 e. The molecule has 1 aliphatic heterocycles. The number of nitrogens with zero attached hydrogens (tertiary/aromatic N) is 2. The fourth-order valence-corrected chi connectivity index (χ4v) is 10.8. The number of anilines is 1. The van der Waals surface area contributed by atoms with E-state index < -0.39 is 40.1 Å². The predicted octanol–water partition coefficient (Wildman–Crippen LogP) is 4.42. The van der Waals surface area contributed by atoms with E-state index >= 15 is 0 Å². The summed E-state index contributed by atoms with van der Waals surface area (Å²) in [7, 11) is 3.21. The molecule has 5 N–H and O–H groups in total. The number of aliphatic carboxylic acids is 1. The van der Waals surface area contributed by atoms with Crippen molar-refractivity contribution >= 4 is 23.5 Å². The molecule has 2 heterocycles. The third-order valence-corrected chi connectivity index (χ3v) is 12.1. The van der Waals surface area contributed by atoms with Crippen LogP contribution < -0.4 is 30.3 Å². The van der Waals surface area contributed by atoms with Gasteiger partial charge < -0.3 is 30.5 Å². The van der Waals surface area contributed by atoms with Gasteiger partial charge in [0.25, 0.3) is 5.91 Å². The molecule has 4 fully saturated rings. The van der Waals surface area contributed by atoms with Crippen LogP contribution in [-0.2, 0) is 15.0 Å². The number of amides is 2. The number of carbonyl (C=O) groups is 3. The standard InChI is InChI=1S/C38H46N6O6/c1-23(2)38(35(47)48)26-19-24-20-36(32-28(49-3)11-8-12-29(32)50-4,31(26)33(45)41-15-14-30-39-17-18-40-30)22-37(38,21-24)44(25-9-6-5-7-10-25)34(46)27-13-16-42-43-27/h5-13,16-18,23-24,26,30-31,39-40H,14-15,19-22H2,1-4H3,(H,41,45)(H,42,43)(H,47,48). The second kappa shape index (κ2) is 12.7. The van der Waals surface area contributed by atoms with Crippen LogP contribution in [0, 0.1) is 29.1 Å². The maximum absolute atomic E-state index is 14.9. The SMILES string of the molecule is COc1cccc(OC)c1C12CC3CC(C1C(=O)NCCC1NC=CN1)C(C(=O)O)(C(C)C)C(N(C(=O)c1ccn[nH]1)c1ccccc1)(C3)C2. The van der Waals surface area contributed by atoms with Crippen LogP contribution in [0.15, 0.2) is 73.2 Å². The summed E-state index contributed by atoms with van der Waals surface area (Å²) < 4.78 is 12.1. The van der Waals surface area contributed by atoms with Gasteiger partial charge in [0.05, 0.1) is 37.3 Å². The van der Waals surface area contributed by atoms with Crippen molar-refractivity contribution in [1.29, 1.82) is 0 Å². The van der Waals surface area contributed by atoms with E-state index in [1.807, 2.05) is 74.8 Å². The van der Waals surface area contributed by atoms with Gasteiger partial charge in [-0.2, -0.15) is 5.10 Å².